The summed E-state index contributed by atoms with van der Waals surface area (Å²) >= 11 is 0. The van der Waals surface area contributed by atoms with E-state index in [2.05, 4.69) is 120 Å². The number of benzene rings is 6. The van der Waals surface area contributed by atoms with Crippen molar-refractivity contribution in [1.82, 2.24) is 10.6 Å². The Kier molecular flexibility index (Phi) is 5.64. The SMILES string of the molecule is c1ccc(C2=NC(c3ccc4cc(-c5cccc6oc7ccccc7c56)ccc4c3)NC(c3ccccc3)N2)cc1. The summed E-state index contributed by atoms with van der Waals surface area (Å²) in [4.78, 5) is 5.11. The molecular weight excluding hydrogens is 502 g/mol. The monoisotopic (exact) mass is 529 g/mol. The number of hydrogen-bond donors (Lipinski definition) is 2. The first-order valence-electron chi connectivity index (χ1n) is 14.0. The highest BCUT2D eigenvalue weighted by Crippen LogP contribution is 2.37. The standard InChI is InChI=1S/C37H27N3O/c1-3-10-24(11-4-1)35-38-36(25-12-5-2-6-13-25)40-37(39-35)29-21-19-26-22-28(20-18-27(26)23-29)30-15-9-17-33-34(30)31-14-7-8-16-32(31)41-33/h1-23,35,37,39H,(H,38,40). The Morgan fingerprint density at radius 1 is 0.561 bits per heavy atom. The van der Waals surface area contributed by atoms with Crippen molar-refractivity contribution in [3.8, 4) is 11.1 Å². The summed E-state index contributed by atoms with van der Waals surface area (Å²) in [5.74, 6) is 0.888. The lowest BCUT2D eigenvalue weighted by Crippen LogP contribution is -2.44. The maximum atomic E-state index is 6.14. The average Bonchev–Trinajstić information content (AvgIpc) is 3.44. The van der Waals surface area contributed by atoms with Crippen LogP contribution in [0.3, 0.4) is 0 Å². The van der Waals surface area contributed by atoms with Crippen LogP contribution in [-0.4, -0.2) is 5.84 Å². The molecular formula is C37H27N3O. The zero-order valence-electron chi connectivity index (χ0n) is 22.3. The Bertz CT molecular complexity index is 2060. The van der Waals surface area contributed by atoms with Crippen molar-refractivity contribution in [3.05, 3.63) is 156 Å². The number of nitrogens with one attached hydrogen (secondary N) is 2. The fourth-order valence-electron chi connectivity index (χ4n) is 5.91. The zero-order chi connectivity index (χ0) is 27.2. The van der Waals surface area contributed by atoms with Gasteiger partial charge in [-0.15, -0.1) is 0 Å². The van der Waals surface area contributed by atoms with Gasteiger partial charge in [0, 0.05) is 16.3 Å². The molecule has 1 aliphatic rings. The normalized spacial score (nSPS) is 17.0. The van der Waals surface area contributed by atoms with E-state index in [1.165, 1.54) is 27.5 Å². The molecule has 4 heteroatoms. The number of hydrogen-bond acceptors (Lipinski definition) is 4. The molecule has 196 valence electrons. The predicted octanol–water partition coefficient (Wildman–Crippen LogP) is 8.74. The lowest BCUT2D eigenvalue weighted by Gasteiger charge is -2.32. The fourth-order valence-corrected chi connectivity index (χ4v) is 5.91. The van der Waals surface area contributed by atoms with Crippen molar-refractivity contribution in [2.75, 3.05) is 0 Å². The minimum atomic E-state index is -0.188. The first kappa shape index (κ1) is 23.7. The second kappa shape index (κ2) is 9.77. The lowest BCUT2D eigenvalue weighted by atomic mass is 9.96. The molecule has 0 saturated carbocycles. The number of nitrogens with zero attached hydrogens (tertiary/aromatic N) is 1. The summed E-state index contributed by atoms with van der Waals surface area (Å²) in [6, 6.07) is 48.7. The summed E-state index contributed by atoms with van der Waals surface area (Å²) in [6.07, 6.45) is -0.246. The predicted molar refractivity (Wildman–Crippen MR) is 168 cm³/mol. The minimum absolute atomic E-state index is 0.0581. The molecule has 1 aromatic heterocycles. The Balaban J connectivity index is 1.19. The Labute approximate surface area is 238 Å². The van der Waals surface area contributed by atoms with Gasteiger partial charge in [0.2, 0.25) is 0 Å². The molecule has 0 aliphatic carbocycles. The van der Waals surface area contributed by atoms with E-state index in [0.29, 0.717) is 0 Å². The van der Waals surface area contributed by atoms with E-state index < -0.39 is 0 Å². The fraction of sp³-hybridized carbons (Fsp3) is 0.0541. The van der Waals surface area contributed by atoms with Gasteiger partial charge in [0.05, 0.1) is 0 Å². The van der Waals surface area contributed by atoms with Gasteiger partial charge < -0.3 is 9.73 Å². The molecule has 7 aromatic rings. The van der Waals surface area contributed by atoms with Crippen LogP contribution in [-0.2, 0) is 0 Å². The number of rotatable bonds is 4. The summed E-state index contributed by atoms with van der Waals surface area (Å²) in [5.41, 5.74) is 7.56. The third kappa shape index (κ3) is 4.26. The van der Waals surface area contributed by atoms with Gasteiger partial charge in [-0.1, -0.05) is 115 Å². The third-order valence-corrected chi connectivity index (χ3v) is 7.94. The van der Waals surface area contributed by atoms with Crippen LogP contribution in [0.2, 0.25) is 0 Å². The number of amidine groups is 1. The van der Waals surface area contributed by atoms with E-state index in [4.69, 9.17) is 9.41 Å². The third-order valence-electron chi connectivity index (χ3n) is 7.94. The van der Waals surface area contributed by atoms with E-state index in [0.717, 1.165) is 38.9 Å². The largest absolute Gasteiger partial charge is 0.456 e. The molecule has 0 bridgehead atoms. The lowest BCUT2D eigenvalue weighted by molar-refractivity contribution is 0.409. The number of furan rings is 1. The molecule has 2 heterocycles. The van der Waals surface area contributed by atoms with Crippen molar-refractivity contribution >= 4 is 38.5 Å². The molecule has 2 N–H and O–H groups in total. The zero-order valence-corrected chi connectivity index (χ0v) is 22.3. The molecule has 2 unspecified atom stereocenters. The second-order valence-electron chi connectivity index (χ2n) is 10.5. The molecule has 0 spiro atoms. The van der Waals surface area contributed by atoms with Crippen LogP contribution in [0.4, 0.5) is 0 Å². The molecule has 2 atom stereocenters. The van der Waals surface area contributed by atoms with Crippen LogP contribution < -0.4 is 10.6 Å². The van der Waals surface area contributed by atoms with Gasteiger partial charge in [-0.05, 0) is 57.3 Å². The van der Waals surface area contributed by atoms with E-state index in [1.54, 1.807) is 0 Å². The smallest absolute Gasteiger partial charge is 0.136 e. The first-order chi connectivity index (χ1) is 20.3. The minimum Gasteiger partial charge on any atom is -0.456 e. The van der Waals surface area contributed by atoms with Crippen LogP contribution in [0.25, 0.3) is 43.8 Å². The molecule has 8 rings (SSSR count). The Hall–Kier alpha value is -5.19. The van der Waals surface area contributed by atoms with Crippen molar-refractivity contribution in [2.24, 2.45) is 4.99 Å². The van der Waals surface area contributed by atoms with Crippen LogP contribution >= 0.6 is 0 Å². The van der Waals surface area contributed by atoms with Crippen molar-refractivity contribution in [3.63, 3.8) is 0 Å². The maximum Gasteiger partial charge on any atom is 0.136 e. The highest BCUT2D eigenvalue weighted by molar-refractivity contribution is 6.12. The highest BCUT2D eigenvalue weighted by Gasteiger charge is 2.25. The summed E-state index contributed by atoms with van der Waals surface area (Å²) in [6.45, 7) is 0. The van der Waals surface area contributed by atoms with Crippen LogP contribution in [0.15, 0.2) is 149 Å². The van der Waals surface area contributed by atoms with E-state index in [-0.39, 0.29) is 12.3 Å². The van der Waals surface area contributed by atoms with Crippen molar-refractivity contribution < 1.29 is 4.42 Å². The number of para-hydroxylation sites is 1. The van der Waals surface area contributed by atoms with Crippen molar-refractivity contribution in [1.29, 1.82) is 0 Å². The van der Waals surface area contributed by atoms with Gasteiger partial charge in [0.1, 0.15) is 29.3 Å². The Morgan fingerprint density at radius 3 is 2.17 bits per heavy atom. The van der Waals surface area contributed by atoms with Gasteiger partial charge in [0.25, 0.3) is 0 Å². The first-order valence-corrected chi connectivity index (χ1v) is 14.0. The molecule has 1 aliphatic heterocycles. The quantitative estimate of drug-likeness (QED) is 0.240. The van der Waals surface area contributed by atoms with Crippen LogP contribution in [0, 0.1) is 0 Å². The van der Waals surface area contributed by atoms with Gasteiger partial charge in [-0.3, -0.25) is 5.32 Å². The van der Waals surface area contributed by atoms with Gasteiger partial charge in [-0.25, -0.2) is 4.99 Å². The van der Waals surface area contributed by atoms with E-state index in [1.807, 2.05) is 30.3 Å². The molecule has 0 saturated heterocycles. The van der Waals surface area contributed by atoms with E-state index in [9.17, 15) is 0 Å². The molecule has 6 aromatic carbocycles. The second-order valence-corrected chi connectivity index (χ2v) is 10.5. The van der Waals surface area contributed by atoms with Gasteiger partial charge in [0.15, 0.2) is 0 Å². The summed E-state index contributed by atoms with van der Waals surface area (Å²) in [7, 11) is 0. The summed E-state index contributed by atoms with van der Waals surface area (Å²) in [5, 5.41) is 12.0. The molecule has 4 nitrogen and oxygen atoms in total. The highest BCUT2D eigenvalue weighted by atomic mass is 16.3. The maximum absolute atomic E-state index is 6.14. The topological polar surface area (TPSA) is 49.6 Å². The number of aliphatic imine (C=N–C) groups is 1. The Morgan fingerprint density at radius 2 is 1.29 bits per heavy atom. The van der Waals surface area contributed by atoms with Crippen molar-refractivity contribution in [2.45, 2.75) is 12.3 Å². The average molecular weight is 530 g/mol. The van der Waals surface area contributed by atoms with E-state index >= 15 is 0 Å². The molecule has 41 heavy (non-hydrogen) atoms. The summed E-state index contributed by atoms with van der Waals surface area (Å²) < 4.78 is 6.14. The number of fused-ring (bicyclic) bond motifs is 4. The van der Waals surface area contributed by atoms with Gasteiger partial charge in [-0.2, -0.15) is 0 Å². The van der Waals surface area contributed by atoms with Crippen LogP contribution in [0.5, 0.6) is 0 Å². The molecule has 0 fully saturated rings. The van der Waals surface area contributed by atoms with Crippen LogP contribution in [0.1, 0.15) is 29.0 Å². The molecule has 0 radical (unpaired) electrons. The van der Waals surface area contributed by atoms with Gasteiger partial charge >= 0.3 is 0 Å². The molecule has 0 amide bonds.